The summed E-state index contributed by atoms with van der Waals surface area (Å²) in [5.41, 5.74) is 5.14. The van der Waals surface area contributed by atoms with Crippen LogP contribution >= 0.6 is 0 Å². The second-order valence-corrected chi connectivity index (χ2v) is 6.21. The average molecular weight is 256 g/mol. The number of nitrogens with zero attached hydrogens (tertiary/aromatic N) is 2. The maximum atomic E-state index is 12.0. The highest BCUT2D eigenvalue weighted by Gasteiger charge is 2.36. The molecule has 0 unspecified atom stereocenters. The fourth-order valence-corrected chi connectivity index (χ4v) is 1.98. The van der Waals surface area contributed by atoms with E-state index in [9.17, 15) is 4.79 Å². The Morgan fingerprint density at radius 3 is 2.28 bits per heavy atom. The van der Waals surface area contributed by atoms with Gasteiger partial charge in [0.15, 0.2) is 0 Å². The van der Waals surface area contributed by atoms with Gasteiger partial charge in [-0.05, 0) is 33.6 Å². The Morgan fingerprint density at radius 2 is 1.89 bits per heavy atom. The van der Waals surface area contributed by atoms with Crippen molar-refractivity contribution in [3.63, 3.8) is 0 Å². The van der Waals surface area contributed by atoms with Crippen LogP contribution in [0.25, 0.3) is 0 Å². The molecule has 1 saturated heterocycles. The third-order valence-electron chi connectivity index (χ3n) is 3.36. The molecule has 0 aromatic rings. The van der Waals surface area contributed by atoms with E-state index in [0.717, 1.165) is 0 Å². The first-order valence-corrected chi connectivity index (χ1v) is 6.23. The summed E-state index contributed by atoms with van der Waals surface area (Å²) in [6.45, 7) is 9.06. The summed E-state index contributed by atoms with van der Waals surface area (Å²) < 4.78 is 0. The zero-order chi connectivity index (χ0) is 14.0. The van der Waals surface area contributed by atoms with Gasteiger partial charge in [-0.25, -0.2) is 4.79 Å². The molecule has 0 bridgehead atoms. The van der Waals surface area contributed by atoms with Crippen LogP contribution in [-0.4, -0.2) is 40.6 Å². The summed E-state index contributed by atoms with van der Waals surface area (Å²) in [4.78, 5) is 13.7. The maximum absolute atomic E-state index is 12.0. The number of carbonyl (C=O) groups is 1. The highest BCUT2D eigenvalue weighted by Crippen LogP contribution is 2.31. The monoisotopic (exact) mass is 256 g/mol. The van der Waals surface area contributed by atoms with E-state index in [4.69, 9.17) is 10.9 Å². The zero-order valence-electron chi connectivity index (χ0n) is 11.7. The molecular formula is C12H24N4O2. The average Bonchev–Trinajstić information content (AvgIpc) is 2.26. The van der Waals surface area contributed by atoms with Gasteiger partial charge in [0, 0.05) is 24.0 Å². The molecule has 4 N–H and O–H groups in total. The largest absolute Gasteiger partial charge is 0.409 e. The number of hydrogen-bond acceptors (Lipinski definition) is 3. The van der Waals surface area contributed by atoms with Crippen molar-refractivity contribution in [2.75, 3.05) is 13.1 Å². The number of rotatable bonds is 1. The molecule has 18 heavy (non-hydrogen) atoms. The third kappa shape index (κ3) is 3.51. The highest BCUT2D eigenvalue weighted by molar-refractivity contribution is 5.86. The lowest BCUT2D eigenvalue weighted by atomic mass is 9.79. The highest BCUT2D eigenvalue weighted by atomic mass is 16.4. The first-order chi connectivity index (χ1) is 8.18. The summed E-state index contributed by atoms with van der Waals surface area (Å²) in [5, 5.41) is 14.8. The number of nitrogens with two attached hydrogens (primary N) is 1. The summed E-state index contributed by atoms with van der Waals surface area (Å²) >= 11 is 0. The molecule has 0 spiro atoms. The number of nitrogens with one attached hydrogen (secondary N) is 1. The van der Waals surface area contributed by atoms with Crippen LogP contribution < -0.4 is 11.1 Å². The minimum absolute atomic E-state index is 0.0518. The van der Waals surface area contributed by atoms with Gasteiger partial charge in [-0.3, -0.25) is 0 Å². The van der Waals surface area contributed by atoms with Crippen LogP contribution in [0.1, 0.15) is 40.5 Å². The molecule has 1 fully saturated rings. The molecule has 0 saturated carbocycles. The van der Waals surface area contributed by atoms with Crippen molar-refractivity contribution in [1.29, 1.82) is 0 Å². The van der Waals surface area contributed by atoms with Crippen LogP contribution in [0, 0.1) is 5.41 Å². The number of amides is 2. The van der Waals surface area contributed by atoms with Crippen molar-refractivity contribution < 1.29 is 10.0 Å². The number of likely N-dealkylation sites (tertiary alicyclic amines) is 1. The topological polar surface area (TPSA) is 91.0 Å². The molecule has 1 heterocycles. The van der Waals surface area contributed by atoms with E-state index in [1.165, 1.54) is 0 Å². The Balaban J connectivity index is 2.57. The predicted molar refractivity (Wildman–Crippen MR) is 70.6 cm³/mol. The molecule has 0 aliphatic carbocycles. The predicted octanol–water partition coefficient (Wildman–Crippen LogP) is 1.34. The van der Waals surface area contributed by atoms with E-state index < -0.39 is 0 Å². The van der Waals surface area contributed by atoms with Crippen molar-refractivity contribution in [3.8, 4) is 0 Å². The fraction of sp³-hybridized carbons (Fsp3) is 0.833. The molecule has 1 aliphatic heterocycles. The third-order valence-corrected chi connectivity index (χ3v) is 3.36. The van der Waals surface area contributed by atoms with Gasteiger partial charge in [-0.2, -0.15) is 0 Å². The van der Waals surface area contributed by atoms with Gasteiger partial charge in [0.05, 0.1) is 0 Å². The Hall–Kier alpha value is -1.46. The SMILES string of the molecule is CC(C)(C)NC(=O)N1CCC(C)(C(N)=NO)CC1. The summed E-state index contributed by atoms with van der Waals surface area (Å²) in [5.74, 6) is 0.248. The van der Waals surface area contributed by atoms with Crippen LogP contribution in [0.4, 0.5) is 4.79 Å². The molecule has 6 heteroatoms. The Kier molecular flexibility index (Phi) is 4.09. The van der Waals surface area contributed by atoms with E-state index in [-0.39, 0.29) is 22.8 Å². The summed E-state index contributed by atoms with van der Waals surface area (Å²) in [6, 6.07) is -0.0518. The summed E-state index contributed by atoms with van der Waals surface area (Å²) in [7, 11) is 0. The Labute approximate surface area is 108 Å². The minimum Gasteiger partial charge on any atom is -0.409 e. The molecule has 0 radical (unpaired) electrons. The molecule has 0 atom stereocenters. The minimum atomic E-state index is -0.312. The second-order valence-electron chi connectivity index (χ2n) is 6.21. The fourth-order valence-electron chi connectivity index (χ4n) is 1.98. The van der Waals surface area contributed by atoms with Crippen molar-refractivity contribution >= 4 is 11.9 Å². The molecule has 1 aliphatic rings. The number of hydrogen-bond donors (Lipinski definition) is 3. The van der Waals surface area contributed by atoms with Crippen LogP contribution in [0.2, 0.25) is 0 Å². The quantitative estimate of drug-likeness (QED) is 0.286. The van der Waals surface area contributed by atoms with Crippen molar-refractivity contribution in [2.45, 2.75) is 46.1 Å². The van der Waals surface area contributed by atoms with E-state index in [1.54, 1.807) is 4.90 Å². The van der Waals surface area contributed by atoms with Gasteiger partial charge in [0.1, 0.15) is 5.84 Å². The van der Waals surface area contributed by atoms with Crippen LogP contribution in [-0.2, 0) is 0 Å². The van der Waals surface area contributed by atoms with Crippen molar-refractivity contribution in [3.05, 3.63) is 0 Å². The molecule has 104 valence electrons. The van der Waals surface area contributed by atoms with E-state index >= 15 is 0 Å². The van der Waals surface area contributed by atoms with Gasteiger partial charge in [-0.15, -0.1) is 0 Å². The lowest BCUT2D eigenvalue weighted by Gasteiger charge is -2.39. The molecular weight excluding hydrogens is 232 g/mol. The van der Waals surface area contributed by atoms with Crippen LogP contribution in [0.5, 0.6) is 0 Å². The van der Waals surface area contributed by atoms with Crippen molar-refractivity contribution in [2.24, 2.45) is 16.3 Å². The smallest absolute Gasteiger partial charge is 0.317 e. The summed E-state index contributed by atoms with van der Waals surface area (Å²) in [6.07, 6.45) is 1.42. The second kappa shape index (κ2) is 5.04. The molecule has 1 rings (SSSR count). The van der Waals surface area contributed by atoms with Crippen LogP contribution in [0.15, 0.2) is 5.16 Å². The standard InChI is InChI=1S/C12H24N4O2/c1-11(2,3)14-10(17)16-7-5-12(4,6-8-16)9(13)15-18/h18H,5-8H2,1-4H3,(H2,13,15)(H,14,17). The number of urea groups is 1. The van der Waals surface area contributed by atoms with E-state index in [2.05, 4.69) is 10.5 Å². The number of amidine groups is 1. The lowest BCUT2D eigenvalue weighted by molar-refractivity contribution is 0.151. The van der Waals surface area contributed by atoms with Gasteiger partial charge in [-0.1, -0.05) is 12.1 Å². The lowest BCUT2D eigenvalue weighted by Crippen LogP contribution is -2.53. The first kappa shape index (κ1) is 14.6. The van der Waals surface area contributed by atoms with E-state index in [1.807, 2.05) is 27.7 Å². The number of carbonyl (C=O) groups excluding carboxylic acids is 1. The van der Waals surface area contributed by atoms with E-state index in [0.29, 0.717) is 25.9 Å². The molecule has 0 aromatic carbocycles. The molecule has 6 nitrogen and oxygen atoms in total. The molecule has 0 aromatic heterocycles. The zero-order valence-corrected chi connectivity index (χ0v) is 11.7. The Morgan fingerprint density at radius 1 is 1.39 bits per heavy atom. The van der Waals surface area contributed by atoms with Crippen molar-refractivity contribution in [1.82, 2.24) is 10.2 Å². The van der Waals surface area contributed by atoms with Gasteiger partial charge in [0.2, 0.25) is 0 Å². The normalized spacial score (nSPS) is 20.7. The molecule has 2 amide bonds. The Bertz CT molecular complexity index is 338. The maximum Gasteiger partial charge on any atom is 0.317 e. The van der Waals surface area contributed by atoms with Gasteiger partial charge in [0.25, 0.3) is 0 Å². The van der Waals surface area contributed by atoms with Gasteiger partial charge < -0.3 is 21.2 Å². The number of piperidine rings is 1. The number of oxime groups is 1. The first-order valence-electron chi connectivity index (χ1n) is 6.23. The van der Waals surface area contributed by atoms with Gasteiger partial charge >= 0.3 is 6.03 Å². The van der Waals surface area contributed by atoms with Crippen LogP contribution in [0.3, 0.4) is 0 Å².